The van der Waals surface area contributed by atoms with Crippen molar-refractivity contribution in [1.82, 2.24) is 4.90 Å². The molecule has 0 saturated carbocycles. The molecule has 2 amide bonds. The largest absolute Gasteiger partial charge is 0.342 e. The van der Waals surface area contributed by atoms with Crippen LogP contribution in [0.25, 0.3) is 0 Å². The molecule has 1 atom stereocenters. The van der Waals surface area contributed by atoms with Crippen LogP contribution in [0.15, 0.2) is 18.2 Å². The Morgan fingerprint density at radius 1 is 1.35 bits per heavy atom. The average molecular weight is 346 g/mol. The van der Waals surface area contributed by atoms with Crippen molar-refractivity contribution in [2.75, 3.05) is 18.9 Å². The number of amides is 2. The Morgan fingerprint density at radius 2 is 1.96 bits per heavy atom. The second-order valence-electron chi connectivity index (χ2n) is 5.80. The lowest BCUT2D eigenvalue weighted by Gasteiger charge is -2.22. The molecular weight excluding hydrogens is 321 g/mol. The van der Waals surface area contributed by atoms with Gasteiger partial charge in [0.25, 0.3) is 5.91 Å². The summed E-state index contributed by atoms with van der Waals surface area (Å²) in [6.45, 7) is 5.87. The van der Waals surface area contributed by atoms with Gasteiger partial charge >= 0.3 is 0 Å². The number of carbonyl (C=O) groups excluding carboxylic acids is 2. The molecule has 130 valence electrons. The first-order valence-electron chi connectivity index (χ1n) is 7.30. The Bertz CT molecular complexity index is 552. The van der Waals surface area contributed by atoms with Gasteiger partial charge in [0.15, 0.2) is 0 Å². The Labute approximate surface area is 142 Å². The van der Waals surface area contributed by atoms with Crippen molar-refractivity contribution < 1.29 is 14.0 Å². The average Bonchev–Trinajstić information content (AvgIpc) is 2.45. The number of nitrogens with two attached hydrogens (primary N) is 1. The van der Waals surface area contributed by atoms with Crippen molar-refractivity contribution in [3.8, 4) is 0 Å². The first-order valence-corrected chi connectivity index (χ1v) is 7.30. The van der Waals surface area contributed by atoms with Gasteiger partial charge in [0.1, 0.15) is 5.82 Å². The minimum atomic E-state index is -0.573. The zero-order valence-corrected chi connectivity index (χ0v) is 14.7. The van der Waals surface area contributed by atoms with Gasteiger partial charge in [0.2, 0.25) is 5.91 Å². The van der Waals surface area contributed by atoms with Gasteiger partial charge in [-0.2, -0.15) is 0 Å². The molecule has 3 N–H and O–H groups in total. The Hall–Kier alpha value is -1.66. The number of anilines is 1. The predicted molar refractivity (Wildman–Crippen MR) is 92.3 cm³/mol. The monoisotopic (exact) mass is 345 g/mol. The molecule has 1 aromatic carbocycles. The molecule has 0 spiro atoms. The van der Waals surface area contributed by atoms with Crippen LogP contribution in [0.4, 0.5) is 10.1 Å². The highest BCUT2D eigenvalue weighted by Crippen LogP contribution is 2.17. The third-order valence-electron chi connectivity index (χ3n) is 3.52. The van der Waals surface area contributed by atoms with Gasteiger partial charge in [-0.25, -0.2) is 4.39 Å². The number of nitrogens with zero attached hydrogens (tertiary/aromatic N) is 1. The van der Waals surface area contributed by atoms with Crippen molar-refractivity contribution >= 4 is 29.9 Å². The highest BCUT2D eigenvalue weighted by atomic mass is 35.5. The number of halogens is 2. The van der Waals surface area contributed by atoms with E-state index in [2.05, 4.69) is 5.32 Å². The summed E-state index contributed by atoms with van der Waals surface area (Å²) in [6.07, 6.45) is 0.694. The van der Waals surface area contributed by atoms with Crippen LogP contribution in [-0.2, 0) is 4.79 Å². The normalized spacial score (nSPS) is 11.6. The van der Waals surface area contributed by atoms with Crippen molar-refractivity contribution in [3.05, 3.63) is 29.6 Å². The van der Waals surface area contributed by atoms with E-state index in [1.165, 1.54) is 25.1 Å². The van der Waals surface area contributed by atoms with Gasteiger partial charge in [-0.15, -0.1) is 12.4 Å². The predicted octanol–water partition coefficient (Wildman–Crippen LogP) is 2.65. The van der Waals surface area contributed by atoms with Crippen LogP contribution in [0.3, 0.4) is 0 Å². The van der Waals surface area contributed by atoms with Gasteiger partial charge in [-0.3, -0.25) is 9.59 Å². The zero-order chi connectivity index (χ0) is 16.9. The van der Waals surface area contributed by atoms with Gasteiger partial charge in [-0.1, -0.05) is 13.8 Å². The molecular formula is C16H25ClFN3O2. The fraction of sp³-hybridized carbons (Fsp3) is 0.500. The molecule has 0 radical (unpaired) electrons. The van der Waals surface area contributed by atoms with E-state index < -0.39 is 5.82 Å². The number of carbonyl (C=O) groups is 2. The first kappa shape index (κ1) is 21.3. The van der Waals surface area contributed by atoms with Crippen molar-refractivity contribution in [3.63, 3.8) is 0 Å². The van der Waals surface area contributed by atoms with E-state index >= 15 is 0 Å². The van der Waals surface area contributed by atoms with E-state index in [4.69, 9.17) is 5.73 Å². The fourth-order valence-electron chi connectivity index (χ4n) is 1.94. The highest BCUT2D eigenvalue weighted by Gasteiger charge is 2.16. The van der Waals surface area contributed by atoms with Crippen molar-refractivity contribution in [2.24, 2.45) is 11.7 Å². The standard InChI is InChI=1S/C16H24FN3O2.ClH/c1-10(2)14(18)7-8-20(4)16(22)12-5-6-13(17)15(9-12)19-11(3)21;/h5-6,9-10,14H,7-8,18H2,1-4H3,(H,19,21);1H. The van der Waals surface area contributed by atoms with Crippen LogP contribution in [0.1, 0.15) is 37.6 Å². The van der Waals surface area contributed by atoms with Crippen LogP contribution < -0.4 is 11.1 Å². The van der Waals surface area contributed by atoms with Crippen molar-refractivity contribution in [2.45, 2.75) is 33.2 Å². The SMILES string of the molecule is CC(=O)Nc1cc(C(=O)N(C)CCC(N)C(C)C)ccc1F.Cl. The van der Waals surface area contributed by atoms with E-state index in [9.17, 15) is 14.0 Å². The summed E-state index contributed by atoms with van der Waals surface area (Å²) >= 11 is 0. The van der Waals surface area contributed by atoms with Crippen LogP contribution in [0.5, 0.6) is 0 Å². The van der Waals surface area contributed by atoms with Gasteiger partial charge in [-0.05, 0) is 30.5 Å². The van der Waals surface area contributed by atoms with Crippen molar-refractivity contribution in [1.29, 1.82) is 0 Å². The number of hydrogen-bond donors (Lipinski definition) is 2. The lowest BCUT2D eigenvalue weighted by molar-refractivity contribution is -0.114. The van der Waals surface area contributed by atoms with E-state index in [0.29, 0.717) is 24.4 Å². The molecule has 0 heterocycles. The lowest BCUT2D eigenvalue weighted by atomic mass is 10.0. The maximum absolute atomic E-state index is 13.6. The first-order chi connectivity index (χ1) is 10.2. The molecule has 0 aliphatic carbocycles. The molecule has 0 saturated heterocycles. The third-order valence-corrected chi connectivity index (χ3v) is 3.52. The van der Waals surface area contributed by atoms with E-state index in [-0.39, 0.29) is 36.0 Å². The Morgan fingerprint density at radius 3 is 2.48 bits per heavy atom. The smallest absolute Gasteiger partial charge is 0.253 e. The van der Waals surface area contributed by atoms with Gasteiger partial charge < -0.3 is 16.0 Å². The van der Waals surface area contributed by atoms with E-state index in [1.807, 2.05) is 13.8 Å². The number of benzene rings is 1. The Kier molecular flexibility index (Phi) is 8.79. The Balaban J connectivity index is 0.00000484. The molecule has 0 aliphatic heterocycles. The quantitative estimate of drug-likeness (QED) is 0.832. The summed E-state index contributed by atoms with van der Waals surface area (Å²) in [5, 5.41) is 2.37. The number of nitrogens with one attached hydrogen (secondary N) is 1. The molecule has 1 rings (SSSR count). The molecule has 0 aliphatic rings. The summed E-state index contributed by atoms with van der Waals surface area (Å²) in [5.74, 6) is -0.848. The van der Waals surface area contributed by atoms with Crippen LogP contribution >= 0.6 is 12.4 Å². The molecule has 0 aromatic heterocycles. The summed E-state index contributed by atoms with van der Waals surface area (Å²) in [5.41, 5.74) is 6.30. The maximum Gasteiger partial charge on any atom is 0.253 e. The topological polar surface area (TPSA) is 75.4 Å². The van der Waals surface area contributed by atoms with Crippen LogP contribution in [0, 0.1) is 11.7 Å². The van der Waals surface area contributed by atoms with Crippen LogP contribution in [-0.4, -0.2) is 36.3 Å². The number of rotatable bonds is 6. The minimum absolute atomic E-state index is 0. The second-order valence-corrected chi connectivity index (χ2v) is 5.80. The minimum Gasteiger partial charge on any atom is -0.342 e. The molecule has 1 aromatic rings. The van der Waals surface area contributed by atoms with E-state index in [1.54, 1.807) is 11.9 Å². The maximum atomic E-state index is 13.6. The molecule has 23 heavy (non-hydrogen) atoms. The summed E-state index contributed by atoms with van der Waals surface area (Å²) in [6, 6.07) is 3.95. The lowest BCUT2D eigenvalue weighted by Crippen LogP contribution is -2.34. The second kappa shape index (κ2) is 9.47. The summed E-state index contributed by atoms with van der Waals surface area (Å²) in [4.78, 5) is 24.9. The molecule has 7 heteroatoms. The molecule has 1 unspecified atom stereocenters. The number of hydrogen-bond acceptors (Lipinski definition) is 3. The molecule has 0 bridgehead atoms. The molecule has 5 nitrogen and oxygen atoms in total. The highest BCUT2D eigenvalue weighted by molar-refractivity contribution is 5.96. The molecule has 0 fully saturated rings. The van der Waals surface area contributed by atoms with Gasteiger partial charge in [0.05, 0.1) is 5.69 Å². The summed E-state index contributed by atoms with van der Waals surface area (Å²) in [7, 11) is 1.68. The van der Waals surface area contributed by atoms with E-state index in [0.717, 1.165) is 0 Å². The van der Waals surface area contributed by atoms with Crippen LogP contribution in [0.2, 0.25) is 0 Å². The fourth-order valence-corrected chi connectivity index (χ4v) is 1.94. The third kappa shape index (κ3) is 6.54. The van der Waals surface area contributed by atoms with Gasteiger partial charge in [0, 0.05) is 32.1 Å². The zero-order valence-electron chi connectivity index (χ0n) is 13.9. The summed E-state index contributed by atoms with van der Waals surface area (Å²) < 4.78 is 13.6.